The van der Waals surface area contributed by atoms with Gasteiger partial charge in [-0.2, -0.15) is 5.10 Å². The van der Waals surface area contributed by atoms with Crippen molar-refractivity contribution >= 4 is 0 Å². The standard InChI is InChI=1S/C16H23N3/c1-11(2)13-6-8-14(9-7-13)16(17-4)15-10-18-19(5)12(15)3/h6-11,16-17H,1-5H3. The Bertz CT molecular complexity index is 538. The fraction of sp³-hybridized carbons (Fsp3) is 0.438. The smallest absolute Gasteiger partial charge is 0.0608 e. The van der Waals surface area contributed by atoms with Gasteiger partial charge in [0.25, 0.3) is 0 Å². The molecule has 1 atom stereocenters. The van der Waals surface area contributed by atoms with E-state index in [1.54, 1.807) is 0 Å². The second-order valence-corrected chi connectivity index (χ2v) is 5.35. The van der Waals surface area contributed by atoms with Crippen LogP contribution in [0.5, 0.6) is 0 Å². The maximum atomic E-state index is 4.33. The van der Waals surface area contributed by atoms with E-state index < -0.39 is 0 Å². The minimum atomic E-state index is 0.204. The molecular formula is C16H23N3. The lowest BCUT2D eigenvalue weighted by Crippen LogP contribution is -2.18. The summed E-state index contributed by atoms with van der Waals surface area (Å²) < 4.78 is 1.92. The van der Waals surface area contributed by atoms with Crippen LogP contribution in [-0.2, 0) is 7.05 Å². The summed E-state index contributed by atoms with van der Waals surface area (Å²) >= 11 is 0. The summed E-state index contributed by atoms with van der Waals surface area (Å²) in [4.78, 5) is 0. The molecule has 3 nitrogen and oxygen atoms in total. The summed E-state index contributed by atoms with van der Waals surface area (Å²) in [6.45, 7) is 6.54. The Hall–Kier alpha value is -1.61. The van der Waals surface area contributed by atoms with Crippen molar-refractivity contribution in [3.8, 4) is 0 Å². The van der Waals surface area contributed by atoms with Gasteiger partial charge in [0.15, 0.2) is 0 Å². The first-order valence-corrected chi connectivity index (χ1v) is 6.80. The van der Waals surface area contributed by atoms with Crippen LogP contribution >= 0.6 is 0 Å². The third-order valence-corrected chi connectivity index (χ3v) is 3.81. The van der Waals surface area contributed by atoms with Gasteiger partial charge in [-0.1, -0.05) is 38.1 Å². The molecule has 0 radical (unpaired) electrons. The van der Waals surface area contributed by atoms with Crippen LogP contribution in [0.2, 0.25) is 0 Å². The lowest BCUT2D eigenvalue weighted by atomic mass is 9.96. The molecule has 0 saturated heterocycles. The van der Waals surface area contributed by atoms with Crippen molar-refractivity contribution < 1.29 is 0 Å². The zero-order valence-corrected chi connectivity index (χ0v) is 12.4. The number of rotatable bonds is 4. The second-order valence-electron chi connectivity index (χ2n) is 5.35. The van der Waals surface area contributed by atoms with Crippen molar-refractivity contribution in [3.05, 3.63) is 52.8 Å². The van der Waals surface area contributed by atoms with Crippen LogP contribution in [0.25, 0.3) is 0 Å². The Labute approximate surface area is 115 Å². The van der Waals surface area contributed by atoms with Crippen LogP contribution in [-0.4, -0.2) is 16.8 Å². The molecule has 1 aromatic carbocycles. The van der Waals surface area contributed by atoms with Crippen molar-refractivity contribution in [3.63, 3.8) is 0 Å². The highest BCUT2D eigenvalue weighted by molar-refractivity contribution is 5.35. The van der Waals surface area contributed by atoms with E-state index in [9.17, 15) is 0 Å². The van der Waals surface area contributed by atoms with Gasteiger partial charge in [-0.15, -0.1) is 0 Å². The average Bonchev–Trinajstić information content (AvgIpc) is 2.73. The van der Waals surface area contributed by atoms with Crippen LogP contribution in [0.4, 0.5) is 0 Å². The highest BCUT2D eigenvalue weighted by Crippen LogP contribution is 2.25. The third kappa shape index (κ3) is 2.71. The van der Waals surface area contributed by atoms with Gasteiger partial charge in [0.1, 0.15) is 0 Å². The van der Waals surface area contributed by atoms with Crippen molar-refractivity contribution in [1.29, 1.82) is 0 Å². The van der Waals surface area contributed by atoms with Crippen LogP contribution in [0, 0.1) is 6.92 Å². The summed E-state index contributed by atoms with van der Waals surface area (Å²) in [5, 5.41) is 7.72. The Balaban J connectivity index is 2.34. The van der Waals surface area contributed by atoms with Crippen LogP contribution in [0.15, 0.2) is 30.5 Å². The fourth-order valence-corrected chi connectivity index (χ4v) is 2.37. The third-order valence-electron chi connectivity index (χ3n) is 3.81. The van der Waals surface area contributed by atoms with Crippen molar-refractivity contribution in [2.45, 2.75) is 32.7 Å². The predicted molar refractivity (Wildman–Crippen MR) is 79.4 cm³/mol. The molecule has 102 valence electrons. The molecule has 0 fully saturated rings. The molecule has 1 aromatic heterocycles. The van der Waals surface area contributed by atoms with Gasteiger partial charge in [0.2, 0.25) is 0 Å². The largest absolute Gasteiger partial charge is 0.309 e. The first kappa shape index (κ1) is 13.8. The predicted octanol–water partition coefficient (Wildman–Crippen LogP) is 3.16. The average molecular weight is 257 g/mol. The van der Waals surface area contributed by atoms with Crippen LogP contribution in [0.3, 0.4) is 0 Å². The lowest BCUT2D eigenvalue weighted by Gasteiger charge is -2.17. The number of aryl methyl sites for hydroxylation is 1. The first-order valence-electron chi connectivity index (χ1n) is 6.80. The Kier molecular flexibility index (Phi) is 4.05. The molecule has 1 heterocycles. The molecule has 0 aliphatic heterocycles. The summed E-state index contributed by atoms with van der Waals surface area (Å²) in [5.41, 5.74) is 5.10. The Morgan fingerprint density at radius 3 is 2.11 bits per heavy atom. The van der Waals surface area contributed by atoms with Crippen molar-refractivity contribution in [2.75, 3.05) is 7.05 Å². The van der Waals surface area contributed by atoms with Gasteiger partial charge in [0.05, 0.1) is 12.2 Å². The van der Waals surface area contributed by atoms with E-state index in [-0.39, 0.29) is 6.04 Å². The van der Waals surface area contributed by atoms with Crippen molar-refractivity contribution in [1.82, 2.24) is 15.1 Å². The van der Waals surface area contributed by atoms with Crippen LogP contribution < -0.4 is 5.32 Å². The molecule has 0 aliphatic rings. The number of aromatic nitrogens is 2. The van der Waals surface area contributed by atoms with E-state index >= 15 is 0 Å². The minimum absolute atomic E-state index is 0.204. The van der Waals surface area contributed by atoms with Crippen LogP contribution in [0.1, 0.15) is 48.2 Å². The van der Waals surface area contributed by atoms with Gasteiger partial charge in [-0.3, -0.25) is 4.68 Å². The van der Waals surface area contributed by atoms with E-state index in [4.69, 9.17) is 0 Å². The highest BCUT2D eigenvalue weighted by Gasteiger charge is 2.17. The zero-order chi connectivity index (χ0) is 14.0. The van der Waals surface area contributed by atoms with E-state index in [1.807, 2.05) is 25.0 Å². The molecule has 0 saturated carbocycles. The molecule has 19 heavy (non-hydrogen) atoms. The van der Waals surface area contributed by atoms with E-state index in [0.717, 1.165) is 0 Å². The normalized spacial score (nSPS) is 12.9. The molecule has 2 aromatic rings. The second kappa shape index (κ2) is 5.57. The maximum Gasteiger partial charge on any atom is 0.0608 e. The first-order chi connectivity index (χ1) is 9.04. The number of hydrogen-bond acceptors (Lipinski definition) is 2. The summed E-state index contributed by atoms with van der Waals surface area (Å²) in [5.74, 6) is 0.571. The molecule has 2 rings (SSSR count). The van der Waals surface area contributed by atoms with Gasteiger partial charge < -0.3 is 5.32 Å². The topological polar surface area (TPSA) is 29.9 Å². The number of benzene rings is 1. The minimum Gasteiger partial charge on any atom is -0.309 e. The van der Waals surface area contributed by atoms with Gasteiger partial charge in [-0.05, 0) is 31.0 Å². The molecule has 0 bridgehead atoms. The van der Waals surface area contributed by atoms with Gasteiger partial charge in [0, 0.05) is 18.3 Å². The highest BCUT2D eigenvalue weighted by atomic mass is 15.3. The monoisotopic (exact) mass is 257 g/mol. The Morgan fingerprint density at radius 2 is 1.68 bits per heavy atom. The molecule has 0 spiro atoms. The maximum absolute atomic E-state index is 4.33. The molecule has 0 aliphatic carbocycles. The quantitative estimate of drug-likeness (QED) is 0.911. The number of nitrogens with zero attached hydrogens (tertiary/aromatic N) is 2. The van der Waals surface area contributed by atoms with Crippen molar-refractivity contribution in [2.24, 2.45) is 7.05 Å². The number of hydrogen-bond donors (Lipinski definition) is 1. The molecule has 1 N–H and O–H groups in total. The fourth-order valence-electron chi connectivity index (χ4n) is 2.37. The van der Waals surface area contributed by atoms with E-state index in [0.29, 0.717) is 5.92 Å². The SMILES string of the molecule is CNC(c1ccc(C(C)C)cc1)c1cnn(C)c1C. The summed E-state index contributed by atoms with van der Waals surface area (Å²) in [6.07, 6.45) is 1.95. The summed E-state index contributed by atoms with van der Waals surface area (Å²) in [6, 6.07) is 9.06. The Morgan fingerprint density at radius 1 is 1.11 bits per heavy atom. The summed E-state index contributed by atoms with van der Waals surface area (Å²) in [7, 11) is 3.97. The van der Waals surface area contributed by atoms with Gasteiger partial charge in [-0.25, -0.2) is 0 Å². The lowest BCUT2D eigenvalue weighted by molar-refractivity contribution is 0.678. The van der Waals surface area contributed by atoms with Gasteiger partial charge >= 0.3 is 0 Å². The zero-order valence-electron chi connectivity index (χ0n) is 12.4. The van der Waals surface area contributed by atoms with E-state index in [1.165, 1.54) is 22.4 Å². The molecular weight excluding hydrogens is 234 g/mol. The van der Waals surface area contributed by atoms with E-state index in [2.05, 4.69) is 55.5 Å². The molecule has 1 unspecified atom stereocenters. The number of nitrogens with one attached hydrogen (secondary N) is 1. The molecule has 0 amide bonds. The molecule has 3 heteroatoms.